The quantitative estimate of drug-likeness (QED) is 0.282. The number of amides is 2. The number of nitrogens with two attached hydrogens (primary N) is 1. The van der Waals surface area contributed by atoms with Gasteiger partial charge in [-0.05, 0) is 31.5 Å². The maximum atomic E-state index is 13.2. The minimum atomic E-state index is -3.47. The number of aromatic nitrogens is 3. The monoisotopic (exact) mass is 520 g/mol. The Balaban J connectivity index is 1.80. The van der Waals surface area contributed by atoms with E-state index in [2.05, 4.69) is 15.5 Å². The van der Waals surface area contributed by atoms with E-state index in [4.69, 9.17) is 20.3 Å². The van der Waals surface area contributed by atoms with Gasteiger partial charge in [0.25, 0.3) is 5.92 Å². The number of hydrogen-bond acceptors (Lipinski definition) is 8. The summed E-state index contributed by atoms with van der Waals surface area (Å²) in [6.07, 6.45) is -1.10. The Hall–Kier alpha value is -3.68. The number of carbonyl (C=O) groups excluding carboxylic acids is 2. The van der Waals surface area contributed by atoms with E-state index in [0.717, 1.165) is 5.56 Å². The average molecular weight is 521 g/mol. The summed E-state index contributed by atoms with van der Waals surface area (Å²) >= 11 is 0. The molecule has 2 amide bonds. The van der Waals surface area contributed by atoms with Crippen molar-refractivity contribution in [3.63, 3.8) is 0 Å². The van der Waals surface area contributed by atoms with Crippen molar-refractivity contribution in [1.29, 1.82) is 0 Å². The number of pyridine rings is 1. The number of halogens is 2. The van der Waals surface area contributed by atoms with Crippen LogP contribution in [0.25, 0.3) is 5.65 Å². The van der Waals surface area contributed by atoms with E-state index < -0.39 is 42.7 Å². The summed E-state index contributed by atoms with van der Waals surface area (Å²) in [5, 5.41) is 21.7. The molecule has 3 aromatic rings. The molecule has 0 bridgehead atoms. The lowest BCUT2D eigenvalue weighted by Crippen LogP contribution is -2.51. The van der Waals surface area contributed by atoms with Gasteiger partial charge in [-0.3, -0.25) is 9.20 Å². The third-order valence-electron chi connectivity index (χ3n) is 5.21. The fourth-order valence-electron chi connectivity index (χ4n) is 3.21. The number of ether oxygens (including phenoxy) is 2. The van der Waals surface area contributed by atoms with E-state index in [0.29, 0.717) is 17.2 Å². The number of alkyl carbamates (subject to hydrolysis) is 1. The highest BCUT2D eigenvalue weighted by molar-refractivity contribution is 5.85. The lowest BCUT2D eigenvalue weighted by atomic mass is 10.1. The molecule has 2 aromatic heterocycles. The molecule has 200 valence electrons. The van der Waals surface area contributed by atoms with Gasteiger partial charge in [0.2, 0.25) is 5.91 Å². The first-order valence-electron chi connectivity index (χ1n) is 11.4. The van der Waals surface area contributed by atoms with Gasteiger partial charge in [0, 0.05) is 0 Å². The fourth-order valence-corrected chi connectivity index (χ4v) is 3.21. The molecule has 0 aliphatic heterocycles. The van der Waals surface area contributed by atoms with Gasteiger partial charge >= 0.3 is 6.09 Å². The summed E-state index contributed by atoms with van der Waals surface area (Å²) in [4.78, 5) is 24.6. The number of carbonyl (C=O) groups is 2. The van der Waals surface area contributed by atoms with Crippen molar-refractivity contribution in [3.05, 3.63) is 65.6 Å². The lowest BCUT2D eigenvalue weighted by Gasteiger charge is -2.24. The largest absolute Gasteiger partial charge is 0.443 e. The minimum Gasteiger partial charge on any atom is -0.443 e. The zero-order valence-corrected chi connectivity index (χ0v) is 20.5. The maximum Gasteiger partial charge on any atom is 0.407 e. The Bertz CT molecular complexity index is 1200. The minimum absolute atomic E-state index is 0.0312. The Morgan fingerprint density at radius 3 is 2.51 bits per heavy atom. The highest BCUT2D eigenvalue weighted by Gasteiger charge is 2.30. The van der Waals surface area contributed by atoms with Gasteiger partial charge in [-0.15, -0.1) is 10.2 Å². The van der Waals surface area contributed by atoms with Gasteiger partial charge in [-0.1, -0.05) is 36.4 Å². The van der Waals surface area contributed by atoms with Crippen LogP contribution in [0.4, 0.5) is 13.6 Å². The molecule has 5 N–H and O–H groups in total. The topological polar surface area (TPSA) is 153 Å². The molecule has 0 fully saturated rings. The zero-order valence-electron chi connectivity index (χ0n) is 20.5. The molecule has 0 radical (unpaired) electrons. The van der Waals surface area contributed by atoms with Gasteiger partial charge in [0.1, 0.15) is 19.3 Å². The summed E-state index contributed by atoms with van der Waals surface area (Å²) < 4.78 is 38.9. The van der Waals surface area contributed by atoms with Crippen LogP contribution in [0, 0.1) is 0 Å². The summed E-state index contributed by atoms with van der Waals surface area (Å²) in [5.41, 5.74) is 6.53. The van der Waals surface area contributed by atoms with Gasteiger partial charge in [-0.2, -0.15) is 0 Å². The molecular formula is C24H30F2N6O5. The van der Waals surface area contributed by atoms with Crippen LogP contribution in [-0.4, -0.2) is 62.9 Å². The number of aliphatic hydroxyl groups excluding tert-OH is 1. The van der Waals surface area contributed by atoms with Crippen LogP contribution in [0.3, 0.4) is 0 Å². The fraction of sp³-hybridized carbons (Fsp3) is 0.417. The molecule has 0 spiro atoms. The molecule has 2 heterocycles. The summed E-state index contributed by atoms with van der Waals surface area (Å²) in [6.45, 7) is 0.636. The molecule has 0 unspecified atom stereocenters. The Kier molecular flexibility index (Phi) is 9.08. The van der Waals surface area contributed by atoms with Crippen LogP contribution in [0.15, 0.2) is 48.5 Å². The van der Waals surface area contributed by atoms with Crippen LogP contribution in [0.2, 0.25) is 0 Å². The first kappa shape index (κ1) is 27.9. The molecule has 1 atom stereocenters. The molecule has 0 aliphatic carbocycles. The number of hydrogen-bond donors (Lipinski definition) is 4. The Morgan fingerprint density at radius 2 is 1.84 bits per heavy atom. The molecule has 0 saturated carbocycles. The second-order valence-corrected chi connectivity index (χ2v) is 8.96. The number of fused-ring (bicyclic) bond motifs is 1. The van der Waals surface area contributed by atoms with Gasteiger partial charge < -0.3 is 30.9 Å². The number of benzene rings is 1. The molecule has 13 heteroatoms. The first-order chi connectivity index (χ1) is 17.5. The highest BCUT2D eigenvalue weighted by Crippen LogP contribution is 2.19. The number of alkyl halides is 2. The molecule has 0 saturated heterocycles. The number of nitrogens with one attached hydrogen (secondary N) is 2. The standard InChI is InChI=1S/C24H30F2N6O5/c1-23(2,27)21(34)29-18(13-36-11-16-7-4-3-5-8-16)20-31-30-19-10-6-9-17(32(19)20)12-37-22(35)28-14-24(25,26)15-33/h3-10,18,33H,11-15,27H2,1-2H3,(H,28,35)(H,29,34)/t18-/m1/s1. The predicted octanol–water partition coefficient (Wildman–Crippen LogP) is 1.69. The lowest BCUT2D eigenvalue weighted by molar-refractivity contribution is -0.126. The third kappa shape index (κ3) is 7.90. The molecule has 11 nitrogen and oxygen atoms in total. The summed E-state index contributed by atoms with van der Waals surface area (Å²) in [7, 11) is 0. The first-order valence-corrected chi connectivity index (χ1v) is 11.4. The molecule has 1 aromatic carbocycles. The zero-order chi connectivity index (χ0) is 27.1. The highest BCUT2D eigenvalue weighted by atomic mass is 19.3. The van der Waals surface area contributed by atoms with Crippen molar-refractivity contribution < 1.29 is 33.0 Å². The van der Waals surface area contributed by atoms with Crippen molar-refractivity contribution >= 4 is 17.6 Å². The van der Waals surface area contributed by atoms with E-state index in [-0.39, 0.29) is 19.8 Å². The van der Waals surface area contributed by atoms with Crippen LogP contribution in [-0.2, 0) is 27.5 Å². The van der Waals surface area contributed by atoms with Gasteiger partial charge in [0.05, 0.1) is 31.0 Å². The van der Waals surface area contributed by atoms with Crippen molar-refractivity contribution in [1.82, 2.24) is 25.2 Å². The Morgan fingerprint density at radius 1 is 1.11 bits per heavy atom. The van der Waals surface area contributed by atoms with Crippen LogP contribution >= 0.6 is 0 Å². The van der Waals surface area contributed by atoms with Gasteiger partial charge in [0.15, 0.2) is 11.5 Å². The molecule has 0 aliphatic rings. The Labute approximate surface area is 212 Å². The van der Waals surface area contributed by atoms with Crippen LogP contribution < -0.4 is 16.4 Å². The third-order valence-corrected chi connectivity index (χ3v) is 5.21. The predicted molar refractivity (Wildman–Crippen MR) is 128 cm³/mol. The van der Waals surface area contributed by atoms with Crippen molar-refractivity contribution in [2.45, 2.75) is 44.6 Å². The van der Waals surface area contributed by atoms with Crippen molar-refractivity contribution in [2.24, 2.45) is 5.73 Å². The molecule has 3 rings (SSSR count). The number of rotatable bonds is 12. The second kappa shape index (κ2) is 12.0. The van der Waals surface area contributed by atoms with Crippen molar-refractivity contribution in [2.75, 3.05) is 19.8 Å². The molecule has 37 heavy (non-hydrogen) atoms. The van der Waals surface area contributed by atoms with E-state index in [1.165, 1.54) is 0 Å². The van der Waals surface area contributed by atoms with E-state index in [1.54, 1.807) is 36.4 Å². The second-order valence-electron chi connectivity index (χ2n) is 8.96. The number of aliphatic hydroxyl groups is 1. The smallest absolute Gasteiger partial charge is 0.407 e. The van der Waals surface area contributed by atoms with Crippen LogP contribution in [0.5, 0.6) is 0 Å². The summed E-state index contributed by atoms with van der Waals surface area (Å²) in [5.74, 6) is -3.62. The van der Waals surface area contributed by atoms with E-state index in [1.807, 2.05) is 35.6 Å². The average Bonchev–Trinajstić information content (AvgIpc) is 3.30. The van der Waals surface area contributed by atoms with Gasteiger partial charge in [-0.25, -0.2) is 13.6 Å². The molecular weight excluding hydrogens is 490 g/mol. The maximum absolute atomic E-state index is 13.2. The van der Waals surface area contributed by atoms with E-state index in [9.17, 15) is 18.4 Å². The summed E-state index contributed by atoms with van der Waals surface area (Å²) in [6, 6.07) is 13.6. The van der Waals surface area contributed by atoms with E-state index >= 15 is 0 Å². The SMILES string of the molecule is CC(C)(N)C(=O)N[C@H](COCc1ccccc1)c1nnc2cccc(COC(=O)NCC(F)(F)CO)n12. The number of nitrogens with zero attached hydrogens (tertiary/aromatic N) is 3. The normalized spacial score (nSPS) is 12.8. The van der Waals surface area contributed by atoms with Crippen LogP contribution in [0.1, 0.15) is 37.0 Å². The van der Waals surface area contributed by atoms with Crippen molar-refractivity contribution in [3.8, 4) is 0 Å².